The number of aryl methyl sites for hydroxylation is 1. The zero-order chi connectivity index (χ0) is 14.2. The molecule has 1 heterocycles. The Bertz CT molecular complexity index is 526. The van der Waals surface area contributed by atoms with Crippen LogP contribution in [0.5, 0.6) is 0 Å². The first-order chi connectivity index (χ1) is 8.88. The van der Waals surface area contributed by atoms with E-state index in [2.05, 4.69) is 15.9 Å². The second-order valence-corrected chi connectivity index (χ2v) is 7.26. The molecule has 0 N–H and O–H groups in total. The van der Waals surface area contributed by atoms with Crippen molar-refractivity contribution >= 4 is 56.0 Å². The second-order valence-electron chi connectivity index (χ2n) is 4.49. The van der Waals surface area contributed by atoms with Crippen LogP contribution in [-0.4, -0.2) is 22.8 Å². The Labute approximate surface area is 129 Å². The topological polar surface area (TPSA) is 37.4 Å². The van der Waals surface area contributed by atoms with Crippen LogP contribution in [0.15, 0.2) is 16.6 Å². The van der Waals surface area contributed by atoms with Crippen molar-refractivity contribution in [1.82, 2.24) is 0 Å². The molecule has 1 fully saturated rings. The SMILES string of the molecule is CC(=O)SC1CC(=O)N(c2c(C)cc(Cl)cc2Br)C1. The van der Waals surface area contributed by atoms with Crippen molar-refractivity contribution in [3.63, 3.8) is 0 Å². The van der Waals surface area contributed by atoms with E-state index < -0.39 is 0 Å². The molecule has 0 spiro atoms. The lowest BCUT2D eigenvalue weighted by molar-refractivity contribution is -0.117. The van der Waals surface area contributed by atoms with E-state index in [1.165, 1.54) is 18.7 Å². The molecule has 0 radical (unpaired) electrons. The predicted molar refractivity (Wildman–Crippen MR) is 82.9 cm³/mol. The van der Waals surface area contributed by atoms with Crippen LogP contribution < -0.4 is 4.90 Å². The smallest absolute Gasteiger partial charge is 0.228 e. The molecule has 1 amide bonds. The first-order valence-electron chi connectivity index (χ1n) is 5.81. The van der Waals surface area contributed by atoms with Gasteiger partial charge >= 0.3 is 0 Å². The number of amides is 1. The summed E-state index contributed by atoms with van der Waals surface area (Å²) in [6.07, 6.45) is 0.402. The van der Waals surface area contributed by atoms with Crippen LogP contribution in [0.2, 0.25) is 5.02 Å². The molecule has 1 unspecified atom stereocenters. The van der Waals surface area contributed by atoms with Crippen molar-refractivity contribution in [3.8, 4) is 0 Å². The minimum Gasteiger partial charge on any atom is -0.310 e. The van der Waals surface area contributed by atoms with E-state index >= 15 is 0 Å². The van der Waals surface area contributed by atoms with Gasteiger partial charge in [0.1, 0.15) is 0 Å². The maximum absolute atomic E-state index is 12.1. The lowest BCUT2D eigenvalue weighted by atomic mass is 10.2. The predicted octanol–water partition coefficient (Wildman–Crippen LogP) is 3.80. The molecule has 102 valence electrons. The van der Waals surface area contributed by atoms with Crippen LogP contribution in [0, 0.1) is 6.92 Å². The third-order valence-corrected chi connectivity index (χ3v) is 4.71. The van der Waals surface area contributed by atoms with Crippen LogP contribution in [0.25, 0.3) is 0 Å². The number of halogens is 2. The summed E-state index contributed by atoms with van der Waals surface area (Å²) >= 11 is 10.7. The molecule has 1 aliphatic rings. The summed E-state index contributed by atoms with van der Waals surface area (Å²) in [7, 11) is 0. The van der Waals surface area contributed by atoms with Gasteiger partial charge in [0.2, 0.25) is 5.91 Å². The van der Waals surface area contributed by atoms with E-state index in [4.69, 9.17) is 11.6 Å². The van der Waals surface area contributed by atoms with Gasteiger partial charge in [-0.1, -0.05) is 23.4 Å². The van der Waals surface area contributed by atoms with Gasteiger partial charge in [-0.2, -0.15) is 0 Å². The van der Waals surface area contributed by atoms with Gasteiger partial charge < -0.3 is 4.90 Å². The summed E-state index contributed by atoms with van der Waals surface area (Å²) in [6.45, 7) is 4.01. The van der Waals surface area contributed by atoms with Gasteiger partial charge in [0.05, 0.1) is 5.69 Å². The first kappa shape index (κ1) is 14.9. The summed E-state index contributed by atoms with van der Waals surface area (Å²) in [6, 6.07) is 3.61. The third-order valence-electron chi connectivity index (χ3n) is 2.91. The highest BCUT2D eigenvalue weighted by molar-refractivity contribution is 9.10. The Morgan fingerprint density at radius 2 is 2.21 bits per heavy atom. The molecule has 2 rings (SSSR count). The molecule has 0 saturated carbocycles. The monoisotopic (exact) mass is 361 g/mol. The molecule has 1 aromatic rings. The number of rotatable bonds is 2. The first-order valence-corrected chi connectivity index (χ1v) is 7.86. The van der Waals surface area contributed by atoms with Crippen LogP contribution in [-0.2, 0) is 9.59 Å². The average molecular weight is 363 g/mol. The van der Waals surface area contributed by atoms with E-state index in [0.29, 0.717) is 18.0 Å². The second kappa shape index (κ2) is 5.85. The van der Waals surface area contributed by atoms with Gasteiger partial charge in [-0.25, -0.2) is 0 Å². The fourth-order valence-corrected chi connectivity index (χ4v) is 4.34. The maximum atomic E-state index is 12.1. The summed E-state index contributed by atoms with van der Waals surface area (Å²) in [4.78, 5) is 25.0. The lowest BCUT2D eigenvalue weighted by Gasteiger charge is -2.21. The molecular formula is C13H13BrClNO2S. The molecule has 0 aromatic heterocycles. The summed E-state index contributed by atoms with van der Waals surface area (Å²) in [5.41, 5.74) is 1.79. The van der Waals surface area contributed by atoms with E-state index in [1.54, 1.807) is 11.0 Å². The highest BCUT2D eigenvalue weighted by Crippen LogP contribution is 2.37. The number of hydrogen-bond acceptors (Lipinski definition) is 3. The Balaban J connectivity index is 2.28. The highest BCUT2D eigenvalue weighted by atomic mass is 79.9. The van der Waals surface area contributed by atoms with Crippen molar-refractivity contribution < 1.29 is 9.59 Å². The molecule has 1 aliphatic heterocycles. The van der Waals surface area contributed by atoms with Gasteiger partial charge in [-0.05, 0) is 40.5 Å². The molecule has 0 bridgehead atoms. The van der Waals surface area contributed by atoms with Crippen molar-refractivity contribution in [1.29, 1.82) is 0 Å². The van der Waals surface area contributed by atoms with Crippen molar-refractivity contribution in [3.05, 3.63) is 27.2 Å². The Kier molecular flexibility index (Phi) is 4.58. The zero-order valence-electron chi connectivity index (χ0n) is 10.6. The van der Waals surface area contributed by atoms with Crippen LogP contribution >= 0.6 is 39.3 Å². The molecule has 19 heavy (non-hydrogen) atoms. The van der Waals surface area contributed by atoms with Crippen molar-refractivity contribution in [2.45, 2.75) is 25.5 Å². The third kappa shape index (κ3) is 3.33. The van der Waals surface area contributed by atoms with Gasteiger partial charge in [-0.15, -0.1) is 0 Å². The Morgan fingerprint density at radius 1 is 1.53 bits per heavy atom. The summed E-state index contributed by atoms with van der Waals surface area (Å²) < 4.78 is 0.805. The molecule has 3 nitrogen and oxygen atoms in total. The standard InChI is InChI=1S/C13H13BrClNO2S/c1-7-3-9(15)4-11(14)13(7)16-6-10(5-12(16)18)19-8(2)17/h3-4,10H,5-6H2,1-2H3. The van der Waals surface area contributed by atoms with E-state index in [-0.39, 0.29) is 16.3 Å². The molecule has 1 saturated heterocycles. The minimum absolute atomic E-state index is 0.0342. The number of carbonyl (C=O) groups is 2. The summed E-state index contributed by atoms with van der Waals surface area (Å²) in [5.74, 6) is 0.0462. The fraction of sp³-hybridized carbons (Fsp3) is 0.385. The quantitative estimate of drug-likeness (QED) is 0.803. The number of carbonyl (C=O) groups excluding carboxylic acids is 2. The molecule has 1 aromatic carbocycles. The zero-order valence-corrected chi connectivity index (χ0v) is 13.7. The largest absolute Gasteiger partial charge is 0.310 e. The van der Waals surface area contributed by atoms with Gasteiger partial charge in [0.25, 0.3) is 0 Å². The Hall–Kier alpha value is -0.520. The minimum atomic E-state index is 0.0342. The molecule has 0 aliphatic carbocycles. The highest BCUT2D eigenvalue weighted by Gasteiger charge is 2.33. The Morgan fingerprint density at radius 3 is 2.79 bits per heavy atom. The van der Waals surface area contributed by atoms with Crippen molar-refractivity contribution in [2.24, 2.45) is 0 Å². The van der Waals surface area contributed by atoms with E-state index in [1.807, 2.05) is 13.0 Å². The maximum Gasteiger partial charge on any atom is 0.228 e. The van der Waals surface area contributed by atoms with Gasteiger partial charge in [0, 0.05) is 34.6 Å². The van der Waals surface area contributed by atoms with Gasteiger partial charge in [0.15, 0.2) is 5.12 Å². The molecule has 6 heteroatoms. The van der Waals surface area contributed by atoms with E-state index in [9.17, 15) is 9.59 Å². The van der Waals surface area contributed by atoms with Crippen LogP contribution in [0.1, 0.15) is 18.9 Å². The van der Waals surface area contributed by atoms with Crippen LogP contribution in [0.4, 0.5) is 5.69 Å². The normalized spacial score (nSPS) is 19.1. The number of anilines is 1. The van der Waals surface area contributed by atoms with E-state index in [0.717, 1.165) is 15.7 Å². The number of thioether (sulfide) groups is 1. The lowest BCUT2D eigenvalue weighted by Crippen LogP contribution is -2.26. The number of nitrogens with zero attached hydrogens (tertiary/aromatic N) is 1. The van der Waals surface area contributed by atoms with Crippen LogP contribution in [0.3, 0.4) is 0 Å². The van der Waals surface area contributed by atoms with Gasteiger partial charge in [-0.3, -0.25) is 9.59 Å². The molecular weight excluding hydrogens is 350 g/mol. The molecule has 1 atom stereocenters. The fourth-order valence-electron chi connectivity index (χ4n) is 2.24. The number of benzene rings is 1. The number of hydrogen-bond donors (Lipinski definition) is 0. The summed E-state index contributed by atoms with van der Waals surface area (Å²) in [5, 5.41) is 0.716. The average Bonchev–Trinajstić information content (AvgIpc) is 2.57. The van der Waals surface area contributed by atoms with Crippen molar-refractivity contribution in [2.75, 3.05) is 11.4 Å².